The Balaban J connectivity index is 1.73. The predicted molar refractivity (Wildman–Crippen MR) is 156 cm³/mol. The number of ether oxygens (including phenoxy) is 1. The fraction of sp³-hybridized carbons (Fsp3) is 0.727. The standard InChI is InChI=1S/C33H51NO2Si/c1-9-33-20-19-24-22-26(35-6)15-16-27(24)30(33)25(14-12-10-11-13-21-34)23-32(5)28(33)17-18-29(32)36-37(7,8)31(2,3)4/h9,15-16,22,25,28-30H,1,10-14,17-20,23H2,2-8H3/t25-,28+,29-,30+,32-,33-/m0/s1. The Morgan fingerprint density at radius 1 is 1.19 bits per heavy atom. The van der Waals surface area contributed by atoms with Crippen LogP contribution < -0.4 is 4.74 Å². The summed E-state index contributed by atoms with van der Waals surface area (Å²) in [5.41, 5.74) is 3.33. The van der Waals surface area contributed by atoms with Gasteiger partial charge in [-0.15, -0.1) is 6.58 Å². The van der Waals surface area contributed by atoms with Crippen LogP contribution >= 0.6 is 0 Å². The second-order valence-electron chi connectivity index (χ2n) is 14.1. The highest BCUT2D eigenvalue weighted by atomic mass is 28.4. The van der Waals surface area contributed by atoms with Gasteiger partial charge in [0.05, 0.1) is 19.3 Å². The summed E-state index contributed by atoms with van der Waals surface area (Å²) in [7, 11) is -0.0987. The van der Waals surface area contributed by atoms with E-state index in [1.807, 2.05) is 0 Å². The van der Waals surface area contributed by atoms with Crippen molar-refractivity contribution in [2.75, 3.05) is 7.11 Å². The number of rotatable bonds is 9. The minimum atomic E-state index is -1.87. The maximum absolute atomic E-state index is 9.02. The first-order valence-electron chi connectivity index (χ1n) is 14.8. The van der Waals surface area contributed by atoms with Crippen LogP contribution in [-0.2, 0) is 10.8 Å². The van der Waals surface area contributed by atoms with Gasteiger partial charge >= 0.3 is 0 Å². The Labute approximate surface area is 228 Å². The van der Waals surface area contributed by atoms with Gasteiger partial charge in [0.1, 0.15) is 5.75 Å². The molecule has 6 atom stereocenters. The maximum Gasteiger partial charge on any atom is 0.192 e. The molecular formula is C33H51NO2Si. The maximum atomic E-state index is 9.02. The van der Waals surface area contributed by atoms with Gasteiger partial charge < -0.3 is 9.16 Å². The number of fused-ring (bicyclic) bond motifs is 5. The SMILES string of the molecule is C=C[C@@]12CCc3cc(OC)ccc3[C@H]1[C@@H](CCCCCC#N)C[C@]1(C)[C@@H](O[Si](C)(C)C(C)(C)C)CC[C@H]12. The normalized spacial score (nSPS) is 33.1. The van der Waals surface area contributed by atoms with Gasteiger partial charge in [0, 0.05) is 6.42 Å². The Kier molecular flexibility index (Phi) is 8.10. The lowest BCUT2D eigenvalue weighted by Crippen LogP contribution is -2.56. The van der Waals surface area contributed by atoms with E-state index in [0.29, 0.717) is 30.3 Å². The van der Waals surface area contributed by atoms with Gasteiger partial charge in [-0.3, -0.25) is 0 Å². The van der Waals surface area contributed by atoms with Crippen LogP contribution in [-0.4, -0.2) is 21.5 Å². The summed E-state index contributed by atoms with van der Waals surface area (Å²) in [6, 6.07) is 9.17. The minimum absolute atomic E-state index is 0.122. The molecule has 0 heterocycles. The fourth-order valence-electron chi connectivity index (χ4n) is 8.30. The van der Waals surface area contributed by atoms with E-state index in [1.54, 1.807) is 12.7 Å². The van der Waals surface area contributed by atoms with Crippen molar-refractivity contribution in [2.45, 2.75) is 122 Å². The number of hydrogen-bond acceptors (Lipinski definition) is 3. The van der Waals surface area contributed by atoms with Crippen molar-refractivity contribution in [1.82, 2.24) is 0 Å². The van der Waals surface area contributed by atoms with Crippen LogP contribution in [0.2, 0.25) is 18.1 Å². The molecule has 4 rings (SSSR count). The molecule has 0 bridgehead atoms. The van der Waals surface area contributed by atoms with Crippen molar-refractivity contribution < 1.29 is 9.16 Å². The molecule has 0 aliphatic heterocycles. The zero-order valence-electron chi connectivity index (χ0n) is 24.7. The summed E-state index contributed by atoms with van der Waals surface area (Å²) in [4.78, 5) is 0. The molecule has 1 aromatic carbocycles. The Morgan fingerprint density at radius 2 is 1.95 bits per heavy atom. The van der Waals surface area contributed by atoms with Crippen molar-refractivity contribution in [3.8, 4) is 11.8 Å². The molecule has 3 aliphatic carbocycles. The van der Waals surface area contributed by atoms with Crippen LogP contribution in [0.3, 0.4) is 0 Å². The first-order valence-corrected chi connectivity index (χ1v) is 17.7. The zero-order chi connectivity index (χ0) is 27.1. The lowest BCUT2D eigenvalue weighted by Gasteiger charge is -2.61. The monoisotopic (exact) mass is 521 g/mol. The lowest BCUT2D eigenvalue weighted by molar-refractivity contribution is -0.0772. The smallest absolute Gasteiger partial charge is 0.192 e. The van der Waals surface area contributed by atoms with Crippen molar-refractivity contribution in [1.29, 1.82) is 5.26 Å². The molecule has 0 N–H and O–H groups in total. The van der Waals surface area contributed by atoms with Crippen LogP contribution in [0.4, 0.5) is 0 Å². The molecule has 4 heteroatoms. The van der Waals surface area contributed by atoms with Crippen molar-refractivity contribution in [3.63, 3.8) is 0 Å². The molecule has 3 nitrogen and oxygen atoms in total. The van der Waals surface area contributed by atoms with Gasteiger partial charge in [-0.1, -0.05) is 52.7 Å². The van der Waals surface area contributed by atoms with E-state index in [2.05, 4.69) is 77.7 Å². The number of benzene rings is 1. The molecule has 3 aliphatic rings. The summed E-state index contributed by atoms with van der Waals surface area (Å²) < 4.78 is 12.9. The number of nitrogens with zero attached hydrogens (tertiary/aromatic N) is 1. The van der Waals surface area contributed by atoms with Crippen LogP contribution in [0, 0.1) is 34.0 Å². The van der Waals surface area contributed by atoms with E-state index < -0.39 is 8.32 Å². The number of allylic oxidation sites excluding steroid dienone is 1. The largest absolute Gasteiger partial charge is 0.497 e. The predicted octanol–water partition coefficient (Wildman–Crippen LogP) is 9.20. The number of hydrogen-bond donors (Lipinski definition) is 0. The van der Waals surface area contributed by atoms with Crippen molar-refractivity contribution in [2.24, 2.45) is 22.7 Å². The summed E-state index contributed by atoms with van der Waals surface area (Å²) in [6.45, 7) is 19.1. The van der Waals surface area contributed by atoms with Gasteiger partial charge in [0.2, 0.25) is 0 Å². The van der Waals surface area contributed by atoms with Crippen molar-refractivity contribution >= 4 is 8.32 Å². The van der Waals surface area contributed by atoms with Crippen LogP contribution in [0.1, 0.15) is 103 Å². The van der Waals surface area contributed by atoms with E-state index in [0.717, 1.165) is 25.0 Å². The third kappa shape index (κ3) is 4.96. The van der Waals surface area contributed by atoms with Gasteiger partial charge in [-0.25, -0.2) is 0 Å². The second-order valence-corrected chi connectivity index (χ2v) is 18.8. The lowest BCUT2D eigenvalue weighted by atomic mass is 9.44. The molecule has 0 aromatic heterocycles. The van der Waals surface area contributed by atoms with Crippen LogP contribution in [0.15, 0.2) is 30.9 Å². The molecule has 0 amide bonds. The van der Waals surface area contributed by atoms with E-state index >= 15 is 0 Å². The molecular weight excluding hydrogens is 470 g/mol. The van der Waals surface area contributed by atoms with Crippen LogP contribution in [0.5, 0.6) is 5.75 Å². The summed E-state index contributed by atoms with van der Waals surface area (Å²) in [5.74, 6) is 2.71. The molecule has 2 fully saturated rings. The molecule has 204 valence electrons. The molecule has 37 heavy (non-hydrogen) atoms. The molecule has 2 saturated carbocycles. The topological polar surface area (TPSA) is 42.2 Å². The van der Waals surface area contributed by atoms with Gasteiger partial charge in [-0.2, -0.15) is 5.26 Å². The zero-order valence-corrected chi connectivity index (χ0v) is 25.7. The average Bonchev–Trinajstić information content (AvgIpc) is 3.17. The van der Waals surface area contributed by atoms with Crippen LogP contribution in [0.25, 0.3) is 0 Å². The van der Waals surface area contributed by atoms with Gasteiger partial charge in [0.15, 0.2) is 8.32 Å². The van der Waals surface area contributed by atoms with Gasteiger partial charge in [-0.05, 0) is 115 Å². The summed E-state index contributed by atoms with van der Waals surface area (Å²) in [6.07, 6.45) is 14.0. The Hall–Kier alpha value is -1.57. The number of methoxy groups -OCH3 is 1. The third-order valence-electron chi connectivity index (χ3n) is 11.1. The number of aryl methyl sites for hydroxylation is 1. The summed E-state index contributed by atoms with van der Waals surface area (Å²) in [5, 5.41) is 9.24. The average molecular weight is 522 g/mol. The van der Waals surface area contributed by atoms with E-state index in [1.165, 1.54) is 44.1 Å². The second kappa shape index (κ2) is 10.5. The Bertz CT molecular complexity index is 1020. The highest BCUT2D eigenvalue weighted by molar-refractivity contribution is 6.74. The molecule has 1 aromatic rings. The minimum Gasteiger partial charge on any atom is -0.497 e. The molecule has 0 saturated heterocycles. The first-order chi connectivity index (χ1) is 17.4. The van der Waals surface area contributed by atoms with Crippen molar-refractivity contribution in [3.05, 3.63) is 42.0 Å². The Morgan fingerprint density at radius 3 is 2.59 bits per heavy atom. The first kappa shape index (κ1) is 28.4. The highest BCUT2D eigenvalue weighted by Gasteiger charge is 2.64. The fourth-order valence-corrected chi connectivity index (χ4v) is 9.76. The highest BCUT2D eigenvalue weighted by Crippen LogP contribution is 2.70. The molecule has 0 unspecified atom stereocenters. The van der Waals surface area contributed by atoms with E-state index in [-0.39, 0.29) is 15.9 Å². The quantitative estimate of drug-likeness (QED) is 0.185. The number of unbranched alkanes of at least 4 members (excludes halogenated alkanes) is 3. The van der Waals surface area contributed by atoms with E-state index in [9.17, 15) is 0 Å². The number of nitriles is 1. The van der Waals surface area contributed by atoms with E-state index in [4.69, 9.17) is 14.4 Å². The molecule has 0 spiro atoms. The third-order valence-corrected chi connectivity index (χ3v) is 15.6. The summed E-state index contributed by atoms with van der Waals surface area (Å²) >= 11 is 0. The van der Waals surface area contributed by atoms with Gasteiger partial charge in [0.25, 0.3) is 0 Å². The molecule has 0 radical (unpaired) electrons.